The number of rotatable bonds is 0. The molecule has 19 heavy (non-hydrogen) atoms. The van der Waals surface area contributed by atoms with Gasteiger partial charge in [-0.2, -0.15) is 0 Å². The van der Waals surface area contributed by atoms with Crippen LogP contribution < -0.4 is 0 Å². The van der Waals surface area contributed by atoms with Gasteiger partial charge in [0.15, 0.2) is 0 Å². The van der Waals surface area contributed by atoms with Gasteiger partial charge in [-0.3, -0.25) is 0 Å². The highest BCUT2D eigenvalue weighted by Crippen LogP contribution is 2.27. The fourth-order valence-electron chi connectivity index (χ4n) is 2.57. The lowest BCUT2D eigenvalue weighted by Crippen LogP contribution is -2.20. The van der Waals surface area contributed by atoms with Crippen LogP contribution in [0.1, 0.15) is 64.2 Å². The minimum atomic E-state index is -0.166. The van der Waals surface area contributed by atoms with E-state index in [4.69, 9.17) is 4.74 Å². The second-order valence-electron chi connectivity index (χ2n) is 5.38. The summed E-state index contributed by atoms with van der Waals surface area (Å²) in [6.45, 7) is 0. The largest absolute Gasteiger partial charge is 0.426 e. The number of carbonyl (C=O) groups is 1. The van der Waals surface area contributed by atoms with Crippen LogP contribution in [0.4, 0.5) is 0 Å². The molecule has 2 heteroatoms. The van der Waals surface area contributed by atoms with Crippen molar-refractivity contribution < 1.29 is 9.53 Å². The van der Waals surface area contributed by atoms with Crippen molar-refractivity contribution in [3.05, 3.63) is 35.6 Å². The van der Waals surface area contributed by atoms with Gasteiger partial charge >= 0.3 is 5.97 Å². The van der Waals surface area contributed by atoms with E-state index in [0.717, 1.165) is 30.6 Å². The van der Waals surface area contributed by atoms with Gasteiger partial charge in [-0.25, -0.2) is 4.79 Å². The number of hydrogen-bond donors (Lipinski definition) is 0. The normalized spacial score (nSPS) is 26.0. The van der Waals surface area contributed by atoms with Crippen molar-refractivity contribution in [3.63, 3.8) is 0 Å². The van der Waals surface area contributed by atoms with Crippen molar-refractivity contribution in [2.24, 2.45) is 0 Å². The predicted octanol–water partition coefficient (Wildman–Crippen LogP) is 4.82. The quantitative estimate of drug-likeness (QED) is 0.583. The third-order valence-corrected chi connectivity index (χ3v) is 3.77. The van der Waals surface area contributed by atoms with Crippen LogP contribution in [0.3, 0.4) is 0 Å². The molecule has 0 radical (unpaired) electrons. The number of allylic oxidation sites excluding steroid dienone is 4. The molecule has 0 spiro atoms. The number of carbonyl (C=O) groups excluding carboxylic acids is 1. The van der Waals surface area contributed by atoms with Crippen LogP contribution in [0, 0.1) is 0 Å². The molecule has 0 aromatic heterocycles. The number of ether oxygens (including phenoxy) is 1. The summed E-state index contributed by atoms with van der Waals surface area (Å²) in [7, 11) is 0. The molecule has 1 aliphatic carbocycles. The van der Waals surface area contributed by atoms with Crippen LogP contribution >= 0.6 is 0 Å². The summed E-state index contributed by atoms with van der Waals surface area (Å²) in [4.78, 5) is 11.3. The molecule has 1 aliphatic heterocycles. The molecule has 2 aliphatic rings. The molecule has 0 unspecified atom stereocenters. The molecule has 0 aromatic carbocycles. The topological polar surface area (TPSA) is 26.3 Å². The zero-order chi connectivity index (χ0) is 13.3. The molecule has 2 rings (SSSR count). The van der Waals surface area contributed by atoms with E-state index < -0.39 is 0 Å². The molecule has 2 nitrogen and oxygen atoms in total. The standard InChI is InChI=1S/C17H24O2/c18-17-15-13-11-9-7-5-3-1-2-4-6-8-10-12-14-16(15)19-17/h7,9,11,13H,1-6,8,10,12,14H2/b9-7+,13-11-. The fourth-order valence-corrected chi connectivity index (χ4v) is 2.57. The lowest BCUT2D eigenvalue weighted by atomic mass is 10.0. The average Bonchev–Trinajstić information content (AvgIpc) is 2.40. The summed E-state index contributed by atoms with van der Waals surface area (Å²) >= 11 is 0. The molecular formula is C17H24O2. The van der Waals surface area contributed by atoms with Gasteiger partial charge in [0.05, 0.1) is 5.57 Å². The summed E-state index contributed by atoms with van der Waals surface area (Å²) < 4.78 is 5.11. The Labute approximate surface area is 116 Å². The predicted molar refractivity (Wildman–Crippen MR) is 77.6 cm³/mol. The minimum Gasteiger partial charge on any atom is -0.426 e. The molecule has 0 saturated carbocycles. The monoisotopic (exact) mass is 260 g/mol. The third kappa shape index (κ3) is 4.70. The maximum atomic E-state index is 11.3. The summed E-state index contributed by atoms with van der Waals surface area (Å²) in [5.41, 5.74) is 0.775. The first-order valence-electron chi connectivity index (χ1n) is 7.66. The van der Waals surface area contributed by atoms with Crippen molar-refractivity contribution in [1.82, 2.24) is 0 Å². The van der Waals surface area contributed by atoms with Crippen LogP contribution in [0.2, 0.25) is 0 Å². The van der Waals surface area contributed by atoms with E-state index in [0.29, 0.717) is 0 Å². The fraction of sp³-hybridized carbons (Fsp3) is 0.588. The summed E-state index contributed by atoms with van der Waals surface area (Å²) in [5, 5.41) is 0. The van der Waals surface area contributed by atoms with Crippen LogP contribution in [0.25, 0.3) is 0 Å². The zero-order valence-corrected chi connectivity index (χ0v) is 11.7. The molecule has 0 bridgehead atoms. The smallest absolute Gasteiger partial charge is 0.346 e. The summed E-state index contributed by atoms with van der Waals surface area (Å²) in [6, 6.07) is 0. The van der Waals surface area contributed by atoms with Crippen molar-refractivity contribution in [1.29, 1.82) is 0 Å². The first-order chi connectivity index (χ1) is 9.38. The molecular weight excluding hydrogens is 236 g/mol. The van der Waals surface area contributed by atoms with Gasteiger partial charge < -0.3 is 4.74 Å². The van der Waals surface area contributed by atoms with E-state index in [-0.39, 0.29) is 5.97 Å². The van der Waals surface area contributed by atoms with E-state index in [9.17, 15) is 4.79 Å². The molecule has 0 atom stereocenters. The zero-order valence-electron chi connectivity index (χ0n) is 11.7. The Balaban J connectivity index is 1.90. The van der Waals surface area contributed by atoms with Gasteiger partial charge in [-0.1, -0.05) is 56.8 Å². The average molecular weight is 260 g/mol. The number of hydrogen-bond acceptors (Lipinski definition) is 2. The van der Waals surface area contributed by atoms with Crippen molar-refractivity contribution in [2.75, 3.05) is 0 Å². The van der Waals surface area contributed by atoms with Crippen LogP contribution in [-0.4, -0.2) is 5.97 Å². The van der Waals surface area contributed by atoms with Gasteiger partial charge in [0, 0.05) is 6.42 Å². The van der Waals surface area contributed by atoms with E-state index in [1.165, 1.54) is 44.9 Å². The first kappa shape index (κ1) is 14.1. The maximum absolute atomic E-state index is 11.3. The SMILES string of the molecule is O=C1OC2=C1/C=C\C=C\CCCCCCCCCC2. The van der Waals surface area contributed by atoms with Crippen LogP contribution in [0.5, 0.6) is 0 Å². The van der Waals surface area contributed by atoms with E-state index in [2.05, 4.69) is 6.08 Å². The Hall–Kier alpha value is -1.31. The van der Waals surface area contributed by atoms with Crippen molar-refractivity contribution in [3.8, 4) is 0 Å². The Kier molecular flexibility index (Phi) is 5.93. The molecule has 0 aromatic rings. The van der Waals surface area contributed by atoms with Gasteiger partial charge in [0.1, 0.15) is 5.76 Å². The Bertz CT molecular complexity index is 388. The Morgan fingerprint density at radius 1 is 0.842 bits per heavy atom. The molecule has 0 N–H and O–H groups in total. The first-order valence-corrected chi connectivity index (χ1v) is 7.66. The van der Waals surface area contributed by atoms with Crippen LogP contribution in [0.15, 0.2) is 35.6 Å². The lowest BCUT2D eigenvalue weighted by Gasteiger charge is -2.20. The molecule has 0 amide bonds. The van der Waals surface area contributed by atoms with Gasteiger partial charge in [0.2, 0.25) is 0 Å². The highest BCUT2D eigenvalue weighted by atomic mass is 16.6. The molecule has 0 saturated heterocycles. The summed E-state index contributed by atoms with van der Waals surface area (Å²) in [6.07, 6.45) is 20.5. The van der Waals surface area contributed by atoms with Gasteiger partial charge in [-0.15, -0.1) is 0 Å². The third-order valence-electron chi connectivity index (χ3n) is 3.77. The van der Waals surface area contributed by atoms with E-state index >= 15 is 0 Å². The van der Waals surface area contributed by atoms with Crippen LogP contribution in [-0.2, 0) is 9.53 Å². The molecule has 1 heterocycles. The Morgan fingerprint density at radius 2 is 1.53 bits per heavy atom. The van der Waals surface area contributed by atoms with Gasteiger partial charge in [0.25, 0.3) is 0 Å². The maximum Gasteiger partial charge on any atom is 0.346 e. The van der Waals surface area contributed by atoms with Gasteiger partial charge in [-0.05, 0) is 25.3 Å². The molecule has 0 fully saturated rings. The highest BCUT2D eigenvalue weighted by Gasteiger charge is 2.26. The number of esters is 1. The molecule has 104 valence electrons. The minimum absolute atomic E-state index is 0.166. The lowest BCUT2D eigenvalue weighted by molar-refractivity contribution is -0.140. The summed E-state index contributed by atoms with van der Waals surface area (Å²) in [5.74, 6) is 0.725. The highest BCUT2D eigenvalue weighted by molar-refractivity contribution is 5.98. The van der Waals surface area contributed by atoms with Crippen molar-refractivity contribution in [2.45, 2.75) is 64.2 Å². The van der Waals surface area contributed by atoms with E-state index in [1.807, 2.05) is 18.2 Å². The second kappa shape index (κ2) is 7.98. The van der Waals surface area contributed by atoms with Crippen molar-refractivity contribution >= 4 is 5.97 Å². The second-order valence-corrected chi connectivity index (χ2v) is 5.38. The Morgan fingerprint density at radius 3 is 2.26 bits per heavy atom. The van der Waals surface area contributed by atoms with E-state index in [1.54, 1.807) is 0 Å².